The molecule has 2 heterocycles. The van der Waals surface area contributed by atoms with Crippen LogP contribution in [-0.2, 0) is 11.3 Å². The lowest BCUT2D eigenvalue weighted by Gasteiger charge is -2.25. The Kier molecular flexibility index (Phi) is 6.45. The minimum absolute atomic E-state index is 0.0179. The third-order valence-corrected chi connectivity index (χ3v) is 5.23. The van der Waals surface area contributed by atoms with Crippen LogP contribution in [0.1, 0.15) is 48.3 Å². The Labute approximate surface area is 182 Å². The molecule has 1 N–H and O–H groups in total. The first-order chi connectivity index (χ1) is 14.5. The number of amides is 2. The van der Waals surface area contributed by atoms with Crippen molar-refractivity contribution in [3.8, 4) is 5.75 Å². The van der Waals surface area contributed by atoms with Gasteiger partial charge < -0.3 is 15.0 Å². The van der Waals surface area contributed by atoms with Crippen molar-refractivity contribution in [2.45, 2.75) is 39.5 Å². The SMILES string of the molecule is CC(C)C(=O)Nc1nccc2c1CN(C(C)c1ccc(OCC(F)(F)F)c(Cl)c1)C2=O. The summed E-state index contributed by atoms with van der Waals surface area (Å²) in [4.78, 5) is 30.8. The Hall–Kier alpha value is -2.81. The molecule has 0 saturated carbocycles. The lowest BCUT2D eigenvalue weighted by molar-refractivity contribution is -0.153. The van der Waals surface area contributed by atoms with Gasteiger partial charge in [-0.05, 0) is 30.7 Å². The van der Waals surface area contributed by atoms with Crippen LogP contribution in [0.3, 0.4) is 0 Å². The molecule has 1 atom stereocenters. The lowest BCUT2D eigenvalue weighted by Crippen LogP contribution is -2.27. The average molecular weight is 456 g/mol. The first-order valence-corrected chi connectivity index (χ1v) is 9.94. The molecular formula is C21H21ClF3N3O3. The molecule has 1 aromatic heterocycles. The van der Waals surface area contributed by atoms with Crippen LogP contribution in [0, 0.1) is 5.92 Å². The number of rotatable bonds is 6. The summed E-state index contributed by atoms with van der Waals surface area (Å²) >= 11 is 6.09. The van der Waals surface area contributed by atoms with Crippen LogP contribution in [0.25, 0.3) is 0 Å². The van der Waals surface area contributed by atoms with E-state index < -0.39 is 18.8 Å². The van der Waals surface area contributed by atoms with E-state index in [1.54, 1.807) is 37.8 Å². The Morgan fingerprint density at radius 2 is 2.00 bits per heavy atom. The quantitative estimate of drug-likeness (QED) is 0.666. The van der Waals surface area contributed by atoms with Crippen LogP contribution >= 0.6 is 11.6 Å². The lowest BCUT2D eigenvalue weighted by atomic mass is 10.1. The van der Waals surface area contributed by atoms with Gasteiger partial charge in [0.15, 0.2) is 6.61 Å². The van der Waals surface area contributed by atoms with Crippen molar-refractivity contribution in [1.29, 1.82) is 0 Å². The largest absolute Gasteiger partial charge is 0.483 e. The second kappa shape index (κ2) is 8.74. The molecule has 6 nitrogen and oxygen atoms in total. The molecule has 2 amide bonds. The molecular weight excluding hydrogens is 435 g/mol. The van der Waals surface area contributed by atoms with Gasteiger partial charge in [-0.2, -0.15) is 13.2 Å². The van der Waals surface area contributed by atoms with Gasteiger partial charge in [0.05, 0.1) is 17.6 Å². The van der Waals surface area contributed by atoms with E-state index in [1.165, 1.54) is 18.3 Å². The summed E-state index contributed by atoms with van der Waals surface area (Å²) in [5.41, 5.74) is 1.69. The van der Waals surface area contributed by atoms with Crippen molar-refractivity contribution in [3.63, 3.8) is 0 Å². The van der Waals surface area contributed by atoms with Gasteiger partial charge in [-0.1, -0.05) is 31.5 Å². The number of anilines is 1. The van der Waals surface area contributed by atoms with Crippen molar-refractivity contribution in [2.75, 3.05) is 11.9 Å². The highest BCUT2D eigenvalue weighted by Gasteiger charge is 2.34. The molecule has 3 rings (SSSR count). The zero-order chi connectivity index (χ0) is 22.9. The summed E-state index contributed by atoms with van der Waals surface area (Å²) in [7, 11) is 0. The molecule has 0 aliphatic carbocycles. The van der Waals surface area contributed by atoms with Crippen molar-refractivity contribution < 1.29 is 27.5 Å². The summed E-state index contributed by atoms with van der Waals surface area (Å²) in [6.45, 7) is 4.07. The third-order valence-electron chi connectivity index (χ3n) is 4.94. The summed E-state index contributed by atoms with van der Waals surface area (Å²) < 4.78 is 41.8. The number of pyridine rings is 1. The zero-order valence-corrected chi connectivity index (χ0v) is 17.8. The van der Waals surface area contributed by atoms with Gasteiger partial charge in [0.2, 0.25) is 5.91 Å². The van der Waals surface area contributed by atoms with Gasteiger partial charge in [0.25, 0.3) is 5.91 Å². The highest BCUT2D eigenvalue weighted by Crippen LogP contribution is 2.36. The average Bonchev–Trinajstić information content (AvgIpc) is 3.03. The summed E-state index contributed by atoms with van der Waals surface area (Å²) in [6.07, 6.45) is -3.01. The van der Waals surface area contributed by atoms with E-state index in [4.69, 9.17) is 16.3 Å². The topological polar surface area (TPSA) is 71.5 Å². The Balaban J connectivity index is 1.80. The second-order valence-corrected chi connectivity index (χ2v) is 7.94. The van der Waals surface area contributed by atoms with Crippen LogP contribution in [0.4, 0.5) is 19.0 Å². The molecule has 0 fully saturated rings. The summed E-state index contributed by atoms with van der Waals surface area (Å²) in [5.74, 6) is -0.438. The van der Waals surface area contributed by atoms with E-state index in [0.29, 0.717) is 22.5 Å². The number of nitrogens with one attached hydrogen (secondary N) is 1. The van der Waals surface area contributed by atoms with Gasteiger partial charge in [-0.25, -0.2) is 4.98 Å². The minimum Gasteiger partial charge on any atom is -0.483 e. The van der Waals surface area contributed by atoms with Crippen LogP contribution in [0.15, 0.2) is 30.5 Å². The Bertz CT molecular complexity index is 1010. The molecule has 1 aliphatic rings. The van der Waals surface area contributed by atoms with E-state index in [-0.39, 0.29) is 35.0 Å². The molecule has 2 aromatic rings. The van der Waals surface area contributed by atoms with Crippen LogP contribution < -0.4 is 10.1 Å². The minimum atomic E-state index is -4.47. The number of halogens is 4. The number of hydrogen-bond acceptors (Lipinski definition) is 4. The van der Waals surface area contributed by atoms with E-state index in [9.17, 15) is 22.8 Å². The number of benzene rings is 1. The first-order valence-electron chi connectivity index (χ1n) is 9.56. The van der Waals surface area contributed by atoms with Gasteiger partial charge in [0, 0.05) is 23.2 Å². The molecule has 1 aliphatic heterocycles. The van der Waals surface area contributed by atoms with E-state index in [0.717, 1.165) is 0 Å². The van der Waals surface area contributed by atoms with Crippen molar-refractivity contribution >= 4 is 29.2 Å². The maximum absolute atomic E-state index is 13.0. The highest BCUT2D eigenvalue weighted by atomic mass is 35.5. The molecule has 1 aromatic carbocycles. The van der Waals surface area contributed by atoms with Crippen molar-refractivity contribution in [2.24, 2.45) is 5.92 Å². The van der Waals surface area contributed by atoms with Gasteiger partial charge in [-0.3, -0.25) is 9.59 Å². The van der Waals surface area contributed by atoms with Crippen molar-refractivity contribution in [1.82, 2.24) is 9.88 Å². The molecule has 0 saturated heterocycles. The number of carbonyl (C=O) groups excluding carboxylic acids is 2. The summed E-state index contributed by atoms with van der Waals surface area (Å²) in [6, 6.07) is 5.56. The smallest absolute Gasteiger partial charge is 0.422 e. The van der Waals surface area contributed by atoms with E-state index >= 15 is 0 Å². The second-order valence-electron chi connectivity index (χ2n) is 7.53. The normalized spacial score (nSPS) is 14.6. The standard InChI is InChI=1S/C21H21ClF3N3O3/c1-11(2)19(29)27-18-15-9-28(20(30)14(15)6-7-26-18)12(3)13-4-5-17(16(22)8-13)31-10-21(23,24)25/h4-8,11-12H,9-10H2,1-3H3,(H,26,27,29). The Morgan fingerprint density at radius 3 is 2.61 bits per heavy atom. The number of ether oxygens (including phenoxy) is 1. The number of fused-ring (bicyclic) bond motifs is 1. The van der Waals surface area contributed by atoms with E-state index in [1.807, 2.05) is 0 Å². The Morgan fingerprint density at radius 1 is 1.29 bits per heavy atom. The number of alkyl halides is 3. The van der Waals surface area contributed by atoms with Crippen LogP contribution in [0.5, 0.6) is 5.75 Å². The monoisotopic (exact) mass is 455 g/mol. The predicted octanol–water partition coefficient (Wildman–Crippen LogP) is 4.99. The molecule has 0 bridgehead atoms. The fourth-order valence-corrected chi connectivity index (χ4v) is 3.41. The third kappa shape index (κ3) is 5.10. The zero-order valence-electron chi connectivity index (χ0n) is 17.1. The highest BCUT2D eigenvalue weighted by molar-refractivity contribution is 6.32. The maximum atomic E-state index is 13.0. The van der Waals surface area contributed by atoms with Gasteiger partial charge in [0.1, 0.15) is 11.6 Å². The molecule has 31 heavy (non-hydrogen) atoms. The number of aromatic nitrogens is 1. The van der Waals surface area contributed by atoms with E-state index in [2.05, 4.69) is 10.3 Å². The molecule has 166 valence electrons. The maximum Gasteiger partial charge on any atom is 0.422 e. The number of carbonyl (C=O) groups is 2. The molecule has 10 heteroatoms. The number of nitrogens with zero attached hydrogens (tertiary/aromatic N) is 2. The van der Waals surface area contributed by atoms with Gasteiger partial charge in [-0.15, -0.1) is 0 Å². The fraction of sp³-hybridized carbons (Fsp3) is 0.381. The molecule has 0 spiro atoms. The molecule has 1 unspecified atom stereocenters. The van der Waals surface area contributed by atoms with Crippen LogP contribution in [0.2, 0.25) is 5.02 Å². The predicted molar refractivity (Wildman–Crippen MR) is 109 cm³/mol. The number of hydrogen-bond donors (Lipinski definition) is 1. The van der Waals surface area contributed by atoms with Crippen molar-refractivity contribution in [3.05, 3.63) is 52.2 Å². The fourth-order valence-electron chi connectivity index (χ4n) is 3.16. The first kappa shape index (κ1) is 22.9. The summed E-state index contributed by atoms with van der Waals surface area (Å²) in [5, 5.41) is 2.76. The van der Waals surface area contributed by atoms with Crippen LogP contribution in [-0.4, -0.2) is 34.5 Å². The van der Waals surface area contributed by atoms with Gasteiger partial charge >= 0.3 is 6.18 Å². The molecule has 0 radical (unpaired) electrons.